The molecule has 2 N–H and O–H groups in total. The van der Waals surface area contributed by atoms with Gasteiger partial charge < -0.3 is 15.5 Å². The lowest BCUT2D eigenvalue weighted by Gasteiger charge is -2.24. The van der Waals surface area contributed by atoms with Crippen molar-refractivity contribution >= 4 is 47.6 Å². The lowest BCUT2D eigenvalue weighted by atomic mass is 10.2. The first-order chi connectivity index (χ1) is 11.6. The Balaban J connectivity index is 0.00000576. The van der Waals surface area contributed by atoms with E-state index in [0.29, 0.717) is 6.04 Å². The standard InChI is InChI=1S/C17H33N5OS.HI/c1-5-11-24-12-9-18-17(20-14-16(23)21(3)4)19-13-15-8-7-10-22(15)6-2;/h5,15H,1,6-14H2,2-4H3,(H2,18,19,20);1H. The van der Waals surface area contributed by atoms with Gasteiger partial charge in [0.15, 0.2) is 5.96 Å². The molecule has 0 aromatic heterocycles. The number of hydrogen-bond acceptors (Lipinski definition) is 4. The van der Waals surface area contributed by atoms with E-state index in [2.05, 4.69) is 34.0 Å². The van der Waals surface area contributed by atoms with Gasteiger partial charge in [0, 0.05) is 44.7 Å². The summed E-state index contributed by atoms with van der Waals surface area (Å²) in [6, 6.07) is 0.557. The third kappa shape index (κ3) is 10.3. The number of amides is 1. The van der Waals surface area contributed by atoms with Crippen LogP contribution in [0.1, 0.15) is 19.8 Å². The van der Waals surface area contributed by atoms with Gasteiger partial charge in [0.2, 0.25) is 5.91 Å². The van der Waals surface area contributed by atoms with Crippen molar-refractivity contribution < 1.29 is 4.79 Å². The fourth-order valence-corrected chi connectivity index (χ4v) is 3.21. The fraction of sp³-hybridized carbons (Fsp3) is 0.765. The van der Waals surface area contributed by atoms with Gasteiger partial charge in [0.25, 0.3) is 0 Å². The van der Waals surface area contributed by atoms with E-state index in [4.69, 9.17) is 0 Å². The third-order valence-corrected chi connectivity index (χ3v) is 5.02. The van der Waals surface area contributed by atoms with Crippen molar-refractivity contribution in [2.45, 2.75) is 25.8 Å². The molecule has 1 aliphatic rings. The number of nitrogens with zero attached hydrogens (tertiary/aromatic N) is 3. The molecule has 0 saturated carbocycles. The molecule has 8 heteroatoms. The van der Waals surface area contributed by atoms with Crippen molar-refractivity contribution in [2.24, 2.45) is 4.99 Å². The lowest BCUT2D eigenvalue weighted by molar-refractivity contribution is -0.127. The second-order valence-corrected chi connectivity index (χ2v) is 7.20. The molecule has 1 atom stereocenters. The molecule has 1 unspecified atom stereocenters. The summed E-state index contributed by atoms with van der Waals surface area (Å²) in [5.41, 5.74) is 0. The Morgan fingerprint density at radius 2 is 2.20 bits per heavy atom. The zero-order valence-electron chi connectivity index (χ0n) is 15.8. The minimum atomic E-state index is 0. The van der Waals surface area contributed by atoms with Crippen molar-refractivity contribution in [1.29, 1.82) is 0 Å². The number of guanidine groups is 1. The van der Waals surface area contributed by atoms with E-state index >= 15 is 0 Å². The molecule has 6 nitrogen and oxygen atoms in total. The summed E-state index contributed by atoms with van der Waals surface area (Å²) < 4.78 is 0. The molecule has 0 aliphatic carbocycles. The van der Waals surface area contributed by atoms with Crippen LogP contribution in [-0.2, 0) is 4.79 Å². The summed E-state index contributed by atoms with van der Waals surface area (Å²) in [5, 5.41) is 6.73. The fourth-order valence-electron chi connectivity index (χ4n) is 2.63. The molecule has 146 valence electrons. The average molecular weight is 483 g/mol. The molecule has 25 heavy (non-hydrogen) atoms. The molecule has 1 heterocycles. The van der Waals surface area contributed by atoms with Crippen LogP contribution in [-0.4, -0.2) is 86.0 Å². The maximum absolute atomic E-state index is 11.8. The molecular formula is C17H34IN5OS. The quantitative estimate of drug-likeness (QED) is 0.163. The van der Waals surface area contributed by atoms with Crippen LogP contribution in [0.5, 0.6) is 0 Å². The first-order valence-corrected chi connectivity index (χ1v) is 9.89. The van der Waals surface area contributed by atoms with Crippen LogP contribution in [0.4, 0.5) is 0 Å². The molecule has 1 amide bonds. The molecule has 1 saturated heterocycles. The predicted octanol–water partition coefficient (Wildman–Crippen LogP) is 1.63. The van der Waals surface area contributed by atoms with E-state index in [9.17, 15) is 4.79 Å². The van der Waals surface area contributed by atoms with Crippen LogP contribution in [0.2, 0.25) is 0 Å². The van der Waals surface area contributed by atoms with Gasteiger partial charge in [0.1, 0.15) is 6.54 Å². The minimum absolute atomic E-state index is 0. The summed E-state index contributed by atoms with van der Waals surface area (Å²) in [7, 11) is 3.50. The van der Waals surface area contributed by atoms with Crippen LogP contribution in [0, 0.1) is 0 Å². The van der Waals surface area contributed by atoms with Gasteiger partial charge in [-0.05, 0) is 25.9 Å². The highest BCUT2D eigenvalue weighted by Crippen LogP contribution is 2.15. The maximum Gasteiger partial charge on any atom is 0.243 e. The van der Waals surface area contributed by atoms with Gasteiger partial charge in [-0.1, -0.05) is 13.0 Å². The molecule has 0 aromatic carbocycles. The first-order valence-electron chi connectivity index (χ1n) is 8.73. The van der Waals surface area contributed by atoms with Crippen LogP contribution in [0.3, 0.4) is 0 Å². The molecular weight excluding hydrogens is 449 g/mol. The van der Waals surface area contributed by atoms with E-state index in [1.165, 1.54) is 19.4 Å². The van der Waals surface area contributed by atoms with Crippen molar-refractivity contribution in [3.8, 4) is 0 Å². The smallest absolute Gasteiger partial charge is 0.243 e. The van der Waals surface area contributed by atoms with E-state index in [1.54, 1.807) is 19.0 Å². The second kappa shape index (κ2) is 14.7. The highest BCUT2D eigenvalue weighted by Gasteiger charge is 2.22. The van der Waals surface area contributed by atoms with Crippen molar-refractivity contribution in [3.63, 3.8) is 0 Å². The monoisotopic (exact) mass is 483 g/mol. The van der Waals surface area contributed by atoms with E-state index in [1.807, 2.05) is 17.8 Å². The Hall–Kier alpha value is -0.480. The van der Waals surface area contributed by atoms with Crippen molar-refractivity contribution in [2.75, 3.05) is 58.3 Å². The number of thioether (sulfide) groups is 1. The number of aliphatic imine (C=N–C) groups is 1. The van der Waals surface area contributed by atoms with E-state index in [0.717, 1.165) is 37.1 Å². The summed E-state index contributed by atoms with van der Waals surface area (Å²) in [6.07, 6.45) is 4.39. The number of hydrogen-bond donors (Lipinski definition) is 2. The Kier molecular flexibility index (Phi) is 14.4. The molecule has 1 fully saturated rings. The highest BCUT2D eigenvalue weighted by atomic mass is 127. The zero-order valence-corrected chi connectivity index (χ0v) is 18.9. The lowest BCUT2D eigenvalue weighted by Crippen LogP contribution is -2.45. The van der Waals surface area contributed by atoms with Gasteiger partial charge in [0.05, 0.1) is 0 Å². The van der Waals surface area contributed by atoms with Crippen molar-refractivity contribution in [3.05, 3.63) is 12.7 Å². The summed E-state index contributed by atoms with van der Waals surface area (Å²) >= 11 is 1.83. The Labute approximate surface area is 174 Å². The van der Waals surface area contributed by atoms with Gasteiger partial charge in [-0.25, -0.2) is 4.99 Å². The topological polar surface area (TPSA) is 60.0 Å². The number of nitrogens with one attached hydrogen (secondary N) is 2. The number of carbonyl (C=O) groups is 1. The zero-order chi connectivity index (χ0) is 17.8. The SMILES string of the molecule is C=CCSCCNC(=NCC(=O)N(C)C)NCC1CCCN1CC.I. The number of carbonyl (C=O) groups excluding carboxylic acids is 1. The van der Waals surface area contributed by atoms with Crippen LogP contribution in [0.15, 0.2) is 17.6 Å². The van der Waals surface area contributed by atoms with Crippen LogP contribution in [0.25, 0.3) is 0 Å². The summed E-state index contributed by atoms with van der Waals surface area (Å²) in [5.74, 6) is 2.67. The summed E-state index contributed by atoms with van der Waals surface area (Å²) in [4.78, 5) is 20.3. The Morgan fingerprint density at radius 3 is 2.84 bits per heavy atom. The minimum Gasteiger partial charge on any atom is -0.356 e. The first kappa shape index (κ1) is 24.5. The molecule has 1 aliphatic heterocycles. The molecule has 0 aromatic rings. The average Bonchev–Trinajstić information content (AvgIpc) is 3.03. The number of rotatable bonds is 10. The van der Waals surface area contributed by atoms with Crippen molar-refractivity contribution in [1.82, 2.24) is 20.4 Å². The van der Waals surface area contributed by atoms with Gasteiger partial charge in [-0.2, -0.15) is 11.8 Å². The Bertz CT molecular complexity index is 420. The summed E-state index contributed by atoms with van der Waals surface area (Å²) in [6.45, 7) is 10.1. The van der Waals surface area contributed by atoms with Gasteiger partial charge >= 0.3 is 0 Å². The molecule has 0 spiro atoms. The number of likely N-dealkylation sites (tertiary alicyclic amines) is 1. The largest absolute Gasteiger partial charge is 0.356 e. The normalized spacial score (nSPS) is 17.7. The third-order valence-electron chi connectivity index (χ3n) is 4.06. The Morgan fingerprint density at radius 1 is 1.44 bits per heavy atom. The molecule has 0 bridgehead atoms. The van der Waals surface area contributed by atoms with E-state index in [-0.39, 0.29) is 36.4 Å². The predicted molar refractivity (Wildman–Crippen MR) is 120 cm³/mol. The van der Waals surface area contributed by atoms with E-state index < -0.39 is 0 Å². The number of halogens is 1. The maximum atomic E-state index is 11.8. The molecule has 0 radical (unpaired) electrons. The van der Waals surface area contributed by atoms with Crippen LogP contribution < -0.4 is 10.6 Å². The van der Waals surface area contributed by atoms with Crippen LogP contribution >= 0.6 is 35.7 Å². The second-order valence-electron chi connectivity index (χ2n) is 6.05. The number of likely N-dealkylation sites (N-methyl/N-ethyl adjacent to an activating group) is 2. The van der Waals surface area contributed by atoms with Gasteiger partial charge in [-0.3, -0.25) is 9.69 Å². The molecule has 1 rings (SSSR count). The van der Waals surface area contributed by atoms with Gasteiger partial charge in [-0.15, -0.1) is 30.6 Å². The highest BCUT2D eigenvalue weighted by molar-refractivity contribution is 14.0.